The predicted molar refractivity (Wildman–Crippen MR) is 106 cm³/mol. The average molecular weight is 378 g/mol. The Morgan fingerprint density at radius 3 is 2.68 bits per heavy atom. The largest absolute Gasteiger partial charge is 0.368 e. The third-order valence-electron chi connectivity index (χ3n) is 4.57. The summed E-state index contributed by atoms with van der Waals surface area (Å²) < 4.78 is 26.6. The van der Waals surface area contributed by atoms with Crippen molar-refractivity contribution < 1.29 is 8.78 Å². The lowest BCUT2D eigenvalue weighted by atomic mass is 9.98. The molecular weight excluding hydrogens is 358 g/mol. The van der Waals surface area contributed by atoms with Gasteiger partial charge in [-0.3, -0.25) is 5.10 Å². The van der Waals surface area contributed by atoms with Gasteiger partial charge in [-0.25, -0.2) is 8.78 Å². The van der Waals surface area contributed by atoms with Gasteiger partial charge in [-0.15, -0.1) is 0 Å². The molecule has 0 saturated carbocycles. The Kier molecular flexibility index (Phi) is 4.93. The lowest BCUT2D eigenvalue weighted by Gasteiger charge is -2.23. The summed E-state index contributed by atoms with van der Waals surface area (Å²) in [6, 6.07) is 12.9. The fourth-order valence-electron chi connectivity index (χ4n) is 3.26. The van der Waals surface area contributed by atoms with Gasteiger partial charge < -0.3 is 10.6 Å². The topological polar surface area (TPSA) is 52.7 Å². The first-order valence-electron chi connectivity index (χ1n) is 9.06. The van der Waals surface area contributed by atoms with Crippen LogP contribution < -0.4 is 10.6 Å². The van der Waals surface area contributed by atoms with Gasteiger partial charge >= 0.3 is 0 Å². The van der Waals surface area contributed by atoms with Crippen molar-refractivity contribution in [1.29, 1.82) is 0 Å². The summed E-state index contributed by atoms with van der Waals surface area (Å²) >= 11 is 0. The summed E-state index contributed by atoms with van der Waals surface area (Å²) in [4.78, 5) is 0. The van der Waals surface area contributed by atoms with Crippen LogP contribution in [0.1, 0.15) is 18.1 Å². The highest BCUT2D eigenvalue weighted by Gasteiger charge is 2.16. The van der Waals surface area contributed by atoms with Gasteiger partial charge in [0.15, 0.2) is 0 Å². The van der Waals surface area contributed by atoms with Gasteiger partial charge in [-0.1, -0.05) is 18.2 Å². The second kappa shape index (κ2) is 7.68. The number of aromatic nitrogens is 2. The van der Waals surface area contributed by atoms with E-state index in [1.165, 1.54) is 24.3 Å². The molecule has 2 aromatic carbocycles. The van der Waals surface area contributed by atoms with Gasteiger partial charge in [0.25, 0.3) is 0 Å². The van der Waals surface area contributed by atoms with Crippen molar-refractivity contribution in [2.45, 2.75) is 19.5 Å². The SMILES string of the molecule is CC1C=C(c2cn[nH]c2-c2ccc(F)cc2)C=C(NCc2cccc(F)c2)N1. The number of aromatic amines is 1. The minimum atomic E-state index is -0.275. The van der Waals surface area contributed by atoms with Gasteiger partial charge in [-0.05, 0) is 60.5 Å². The van der Waals surface area contributed by atoms with Crippen LogP contribution in [0, 0.1) is 11.6 Å². The molecular formula is C22H20F2N4. The Balaban J connectivity index is 1.58. The van der Waals surface area contributed by atoms with Crippen molar-refractivity contribution in [2.75, 3.05) is 0 Å². The molecule has 0 fully saturated rings. The van der Waals surface area contributed by atoms with Crippen molar-refractivity contribution in [3.63, 3.8) is 0 Å². The zero-order chi connectivity index (χ0) is 19.5. The predicted octanol–water partition coefficient (Wildman–Crippen LogP) is 4.36. The van der Waals surface area contributed by atoms with E-state index in [0.717, 1.165) is 33.8 Å². The van der Waals surface area contributed by atoms with Crippen molar-refractivity contribution >= 4 is 5.57 Å². The number of hydrogen-bond donors (Lipinski definition) is 3. The molecule has 1 aliphatic rings. The average Bonchev–Trinajstić information content (AvgIpc) is 3.16. The van der Waals surface area contributed by atoms with Crippen LogP contribution in [-0.2, 0) is 6.54 Å². The molecule has 142 valence electrons. The van der Waals surface area contributed by atoms with Crippen molar-refractivity contribution in [1.82, 2.24) is 20.8 Å². The summed E-state index contributed by atoms with van der Waals surface area (Å²) in [5, 5.41) is 13.9. The first kappa shape index (κ1) is 18.0. The van der Waals surface area contributed by atoms with Crippen LogP contribution in [0.3, 0.4) is 0 Å². The molecule has 4 nitrogen and oxygen atoms in total. The summed E-state index contributed by atoms with van der Waals surface area (Å²) in [5.74, 6) is 0.324. The third kappa shape index (κ3) is 3.96. The van der Waals surface area contributed by atoms with E-state index in [4.69, 9.17) is 0 Å². The first-order valence-corrected chi connectivity index (χ1v) is 9.06. The maximum Gasteiger partial charge on any atom is 0.123 e. The van der Waals surface area contributed by atoms with E-state index in [1.807, 2.05) is 12.1 Å². The summed E-state index contributed by atoms with van der Waals surface area (Å²) in [6.45, 7) is 2.56. The quantitative estimate of drug-likeness (QED) is 0.618. The molecule has 0 radical (unpaired) electrons. The van der Waals surface area contributed by atoms with Gasteiger partial charge in [0.2, 0.25) is 0 Å². The summed E-state index contributed by atoms with van der Waals surface area (Å²) in [6.07, 6.45) is 5.87. The number of rotatable bonds is 5. The van der Waals surface area contributed by atoms with Crippen molar-refractivity contribution in [2.24, 2.45) is 0 Å². The molecule has 0 aliphatic carbocycles. The molecule has 6 heteroatoms. The molecule has 3 aromatic rings. The van der Waals surface area contributed by atoms with Gasteiger partial charge in [0.1, 0.15) is 11.6 Å². The minimum absolute atomic E-state index is 0.103. The Morgan fingerprint density at radius 1 is 1.07 bits per heavy atom. The van der Waals surface area contributed by atoms with E-state index in [-0.39, 0.29) is 17.7 Å². The molecule has 0 spiro atoms. The lowest BCUT2D eigenvalue weighted by molar-refractivity contribution is 0.615. The van der Waals surface area contributed by atoms with E-state index in [1.54, 1.807) is 24.4 Å². The van der Waals surface area contributed by atoms with Gasteiger partial charge in [0, 0.05) is 23.7 Å². The molecule has 0 saturated heterocycles. The van der Waals surface area contributed by atoms with E-state index in [2.05, 4.69) is 33.8 Å². The fourth-order valence-corrected chi connectivity index (χ4v) is 3.26. The monoisotopic (exact) mass is 378 g/mol. The lowest BCUT2D eigenvalue weighted by Crippen LogP contribution is -2.34. The molecule has 0 bridgehead atoms. The first-order chi connectivity index (χ1) is 13.6. The number of allylic oxidation sites excluding steroid dienone is 2. The molecule has 1 atom stereocenters. The standard InChI is InChI=1S/C22H20F2N4/c1-14-9-17(11-21(27-14)25-12-15-3-2-4-19(24)10-15)20-13-26-28-22(20)16-5-7-18(23)8-6-16/h2-11,13-14,25,27H,12H2,1H3,(H,26,28). The molecule has 1 aliphatic heterocycles. The molecule has 3 N–H and O–H groups in total. The molecule has 28 heavy (non-hydrogen) atoms. The van der Waals surface area contributed by atoms with E-state index < -0.39 is 0 Å². The second-order valence-corrected chi connectivity index (χ2v) is 6.76. The van der Waals surface area contributed by atoms with Crippen LogP contribution in [-0.4, -0.2) is 16.2 Å². The molecule has 1 aromatic heterocycles. The van der Waals surface area contributed by atoms with Crippen LogP contribution in [0.4, 0.5) is 8.78 Å². The highest BCUT2D eigenvalue weighted by atomic mass is 19.1. The van der Waals surface area contributed by atoms with Crippen molar-refractivity contribution in [3.05, 3.63) is 95.5 Å². The Morgan fingerprint density at radius 2 is 1.89 bits per heavy atom. The van der Waals surface area contributed by atoms with E-state index in [9.17, 15) is 8.78 Å². The zero-order valence-corrected chi connectivity index (χ0v) is 15.3. The van der Waals surface area contributed by atoms with Crippen molar-refractivity contribution in [3.8, 4) is 11.3 Å². The van der Waals surface area contributed by atoms with E-state index >= 15 is 0 Å². The smallest absolute Gasteiger partial charge is 0.123 e. The maximum absolute atomic E-state index is 13.4. The number of benzene rings is 2. The molecule has 0 amide bonds. The molecule has 1 unspecified atom stereocenters. The summed E-state index contributed by atoms with van der Waals surface area (Å²) in [5.41, 5.74) is 4.50. The van der Waals surface area contributed by atoms with Crippen LogP contribution in [0.25, 0.3) is 16.8 Å². The number of nitrogens with zero attached hydrogens (tertiary/aromatic N) is 1. The highest BCUT2D eigenvalue weighted by molar-refractivity contribution is 5.84. The maximum atomic E-state index is 13.4. The normalized spacial score (nSPS) is 16.2. The van der Waals surface area contributed by atoms with Gasteiger partial charge in [-0.2, -0.15) is 5.10 Å². The fraction of sp³-hybridized carbons (Fsp3) is 0.136. The number of dihydropyridines is 1. The Labute approximate surface area is 162 Å². The highest BCUT2D eigenvalue weighted by Crippen LogP contribution is 2.29. The molecule has 4 rings (SSSR count). The number of nitrogens with one attached hydrogen (secondary N) is 3. The van der Waals surface area contributed by atoms with Crippen LogP contribution >= 0.6 is 0 Å². The van der Waals surface area contributed by atoms with Crippen LogP contribution in [0.15, 0.2) is 72.7 Å². The van der Waals surface area contributed by atoms with Crippen LogP contribution in [0.2, 0.25) is 0 Å². The molecule has 2 heterocycles. The van der Waals surface area contributed by atoms with Crippen LogP contribution in [0.5, 0.6) is 0 Å². The van der Waals surface area contributed by atoms with Gasteiger partial charge in [0.05, 0.1) is 17.7 Å². The minimum Gasteiger partial charge on any atom is -0.368 e. The second-order valence-electron chi connectivity index (χ2n) is 6.76. The number of H-pyrrole nitrogens is 1. The van der Waals surface area contributed by atoms with E-state index in [0.29, 0.717) is 6.54 Å². The number of halogens is 2. The Hall–Kier alpha value is -3.41. The third-order valence-corrected chi connectivity index (χ3v) is 4.57. The number of hydrogen-bond acceptors (Lipinski definition) is 3. The Bertz CT molecular complexity index is 1030. The summed E-state index contributed by atoms with van der Waals surface area (Å²) in [7, 11) is 0. The zero-order valence-electron chi connectivity index (χ0n) is 15.3.